The molecular weight excluding hydrogens is 188 g/mol. The zero-order valence-corrected chi connectivity index (χ0v) is 10.7. The van der Waals surface area contributed by atoms with Crippen molar-refractivity contribution in [3.05, 3.63) is 0 Å². The molecule has 0 saturated carbocycles. The van der Waals surface area contributed by atoms with Crippen LogP contribution in [0.15, 0.2) is 0 Å². The highest BCUT2D eigenvalue weighted by Crippen LogP contribution is 2.02. The minimum Gasteiger partial charge on any atom is -0.379 e. The van der Waals surface area contributed by atoms with E-state index in [0.29, 0.717) is 19.2 Å². The van der Waals surface area contributed by atoms with Crippen molar-refractivity contribution in [1.29, 1.82) is 0 Å². The number of hydrogen-bond acceptors (Lipinski definition) is 3. The van der Waals surface area contributed by atoms with Gasteiger partial charge in [-0.1, -0.05) is 19.8 Å². The van der Waals surface area contributed by atoms with Crippen LogP contribution < -0.4 is 5.73 Å². The fourth-order valence-corrected chi connectivity index (χ4v) is 1.56. The maximum Gasteiger partial charge on any atom is 0.0594 e. The Morgan fingerprint density at radius 2 is 1.87 bits per heavy atom. The summed E-state index contributed by atoms with van der Waals surface area (Å²) in [5.74, 6) is 0. The average molecular weight is 216 g/mol. The van der Waals surface area contributed by atoms with E-state index in [0.717, 1.165) is 13.2 Å². The average Bonchev–Trinajstić information content (AvgIpc) is 2.21. The van der Waals surface area contributed by atoms with Crippen LogP contribution in [0.2, 0.25) is 0 Å². The Morgan fingerprint density at radius 3 is 2.40 bits per heavy atom. The van der Waals surface area contributed by atoms with Crippen LogP contribution in [0.3, 0.4) is 0 Å². The lowest BCUT2D eigenvalue weighted by molar-refractivity contribution is 0.0964. The summed E-state index contributed by atoms with van der Waals surface area (Å²) in [5.41, 5.74) is 5.36. The highest BCUT2D eigenvalue weighted by atomic mass is 16.5. The molecule has 0 amide bonds. The van der Waals surface area contributed by atoms with E-state index in [1.807, 2.05) is 0 Å². The van der Waals surface area contributed by atoms with Crippen molar-refractivity contribution in [2.75, 3.05) is 32.8 Å². The number of nitrogens with two attached hydrogens (primary N) is 1. The van der Waals surface area contributed by atoms with E-state index in [1.165, 1.54) is 25.8 Å². The summed E-state index contributed by atoms with van der Waals surface area (Å²) in [5, 5.41) is 0. The minimum absolute atomic E-state index is 0.614. The first-order valence-electron chi connectivity index (χ1n) is 6.24. The molecule has 3 nitrogen and oxygen atoms in total. The fraction of sp³-hybridized carbons (Fsp3) is 1.00. The normalized spacial score (nSPS) is 11.6. The standard InChI is InChI=1S/C12H28N2O/c1-4-5-6-8-14(12(2)3)9-11-15-10-7-13/h12H,4-11,13H2,1-3H3. The van der Waals surface area contributed by atoms with Crippen molar-refractivity contribution < 1.29 is 4.74 Å². The first kappa shape index (κ1) is 14.9. The van der Waals surface area contributed by atoms with Crippen LogP contribution in [0.4, 0.5) is 0 Å². The summed E-state index contributed by atoms with van der Waals surface area (Å²) in [4.78, 5) is 2.48. The van der Waals surface area contributed by atoms with Gasteiger partial charge in [-0.2, -0.15) is 0 Å². The Hall–Kier alpha value is -0.120. The van der Waals surface area contributed by atoms with Crippen molar-refractivity contribution in [3.63, 3.8) is 0 Å². The summed E-state index contributed by atoms with van der Waals surface area (Å²) >= 11 is 0. The molecular formula is C12H28N2O. The molecule has 0 aliphatic rings. The van der Waals surface area contributed by atoms with E-state index in [9.17, 15) is 0 Å². The quantitative estimate of drug-likeness (QED) is 0.567. The molecule has 2 N–H and O–H groups in total. The van der Waals surface area contributed by atoms with Gasteiger partial charge in [0, 0.05) is 19.1 Å². The first-order valence-corrected chi connectivity index (χ1v) is 6.24. The Morgan fingerprint density at radius 1 is 1.13 bits per heavy atom. The van der Waals surface area contributed by atoms with Crippen molar-refractivity contribution in [2.24, 2.45) is 5.73 Å². The van der Waals surface area contributed by atoms with Gasteiger partial charge in [-0.15, -0.1) is 0 Å². The lowest BCUT2D eigenvalue weighted by Gasteiger charge is -2.26. The van der Waals surface area contributed by atoms with Gasteiger partial charge in [0.15, 0.2) is 0 Å². The van der Waals surface area contributed by atoms with E-state index in [1.54, 1.807) is 0 Å². The number of rotatable bonds is 10. The molecule has 3 heteroatoms. The molecule has 0 heterocycles. The SMILES string of the molecule is CCCCCN(CCOCCN)C(C)C. The molecule has 0 aliphatic heterocycles. The van der Waals surface area contributed by atoms with E-state index in [2.05, 4.69) is 25.7 Å². The summed E-state index contributed by atoms with van der Waals surface area (Å²) in [6.45, 7) is 11.1. The molecule has 92 valence electrons. The Balaban J connectivity index is 3.54. The van der Waals surface area contributed by atoms with Crippen LogP contribution in [0, 0.1) is 0 Å². The third-order valence-corrected chi connectivity index (χ3v) is 2.56. The van der Waals surface area contributed by atoms with Crippen LogP contribution in [-0.4, -0.2) is 43.8 Å². The summed E-state index contributed by atoms with van der Waals surface area (Å²) in [6.07, 6.45) is 3.91. The van der Waals surface area contributed by atoms with Crippen LogP contribution in [0.1, 0.15) is 40.0 Å². The predicted molar refractivity (Wildman–Crippen MR) is 66.1 cm³/mol. The second-order valence-electron chi connectivity index (χ2n) is 4.24. The van der Waals surface area contributed by atoms with Crippen molar-refractivity contribution in [1.82, 2.24) is 4.90 Å². The topological polar surface area (TPSA) is 38.5 Å². The molecule has 0 aromatic heterocycles. The monoisotopic (exact) mass is 216 g/mol. The molecule has 15 heavy (non-hydrogen) atoms. The Labute approximate surface area is 95.0 Å². The first-order chi connectivity index (χ1) is 7.22. The van der Waals surface area contributed by atoms with Crippen molar-refractivity contribution in [2.45, 2.75) is 46.1 Å². The predicted octanol–water partition coefficient (Wildman–Crippen LogP) is 1.86. The second kappa shape index (κ2) is 10.4. The summed E-state index contributed by atoms with van der Waals surface area (Å²) in [7, 11) is 0. The molecule has 0 aliphatic carbocycles. The van der Waals surface area contributed by atoms with Gasteiger partial charge in [0.2, 0.25) is 0 Å². The lowest BCUT2D eigenvalue weighted by Crippen LogP contribution is -2.35. The highest BCUT2D eigenvalue weighted by molar-refractivity contribution is 4.62. The van der Waals surface area contributed by atoms with E-state index in [4.69, 9.17) is 10.5 Å². The van der Waals surface area contributed by atoms with Gasteiger partial charge in [0.05, 0.1) is 13.2 Å². The van der Waals surface area contributed by atoms with E-state index < -0.39 is 0 Å². The third kappa shape index (κ3) is 8.85. The van der Waals surface area contributed by atoms with Crippen LogP contribution in [-0.2, 0) is 4.74 Å². The molecule has 0 rings (SSSR count). The largest absolute Gasteiger partial charge is 0.379 e. The van der Waals surface area contributed by atoms with E-state index in [-0.39, 0.29) is 0 Å². The van der Waals surface area contributed by atoms with Gasteiger partial charge < -0.3 is 10.5 Å². The van der Waals surface area contributed by atoms with Crippen LogP contribution >= 0.6 is 0 Å². The molecule has 0 aromatic rings. The molecule has 0 atom stereocenters. The summed E-state index contributed by atoms with van der Waals surface area (Å²) < 4.78 is 5.40. The molecule has 0 saturated heterocycles. The number of nitrogens with zero attached hydrogens (tertiary/aromatic N) is 1. The fourth-order valence-electron chi connectivity index (χ4n) is 1.56. The molecule has 0 radical (unpaired) electrons. The van der Waals surface area contributed by atoms with Crippen molar-refractivity contribution in [3.8, 4) is 0 Å². The highest BCUT2D eigenvalue weighted by Gasteiger charge is 2.07. The van der Waals surface area contributed by atoms with Crippen LogP contribution in [0.5, 0.6) is 0 Å². The lowest BCUT2D eigenvalue weighted by atomic mass is 10.2. The van der Waals surface area contributed by atoms with Gasteiger partial charge in [0.1, 0.15) is 0 Å². The van der Waals surface area contributed by atoms with Gasteiger partial charge in [0.25, 0.3) is 0 Å². The zero-order chi connectivity index (χ0) is 11.5. The molecule has 0 spiro atoms. The maximum absolute atomic E-state index is 5.40. The Bertz CT molecular complexity index is 129. The van der Waals surface area contributed by atoms with Crippen molar-refractivity contribution >= 4 is 0 Å². The number of hydrogen-bond donors (Lipinski definition) is 1. The van der Waals surface area contributed by atoms with E-state index >= 15 is 0 Å². The maximum atomic E-state index is 5.40. The Kier molecular flexibility index (Phi) is 10.3. The van der Waals surface area contributed by atoms with Gasteiger partial charge in [-0.25, -0.2) is 0 Å². The molecule has 0 bridgehead atoms. The molecule has 0 unspecified atom stereocenters. The van der Waals surface area contributed by atoms with Gasteiger partial charge >= 0.3 is 0 Å². The van der Waals surface area contributed by atoms with Gasteiger partial charge in [-0.3, -0.25) is 4.90 Å². The number of unbranched alkanes of at least 4 members (excludes halogenated alkanes) is 2. The molecule has 0 aromatic carbocycles. The summed E-state index contributed by atoms with van der Waals surface area (Å²) in [6, 6.07) is 0.614. The molecule has 0 fully saturated rings. The van der Waals surface area contributed by atoms with Gasteiger partial charge in [-0.05, 0) is 26.8 Å². The minimum atomic E-state index is 0.614. The zero-order valence-electron chi connectivity index (χ0n) is 10.7. The smallest absolute Gasteiger partial charge is 0.0594 e. The number of ether oxygens (including phenoxy) is 1. The third-order valence-electron chi connectivity index (χ3n) is 2.56. The van der Waals surface area contributed by atoms with Crippen LogP contribution in [0.25, 0.3) is 0 Å². The second-order valence-corrected chi connectivity index (χ2v) is 4.24.